The van der Waals surface area contributed by atoms with Crippen LogP contribution in [0.4, 0.5) is 0 Å². The van der Waals surface area contributed by atoms with Crippen molar-refractivity contribution >= 4 is 0 Å². The van der Waals surface area contributed by atoms with Gasteiger partial charge in [-0.3, -0.25) is 4.90 Å². The highest BCUT2D eigenvalue weighted by Crippen LogP contribution is 2.29. The number of nitrogens with two attached hydrogens (primary N) is 1. The van der Waals surface area contributed by atoms with Crippen molar-refractivity contribution in [2.75, 3.05) is 26.8 Å². The molecule has 0 bridgehead atoms. The van der Waals surface area contributed by atoms with Gasteiger partial charge in [-0.05, 0) is 24.3 Å². The molecular weight excluding hydrogens is 236 g/mol. The third-order valence-electron chi connectivity index (χ3n) is 3.97. The fourth-order valence-electron chi connectivity index (χ4n) is 2.56. The Balaban J connectivity index is 1.89. The average Bonchev–Trinajstić information content (AvgIpc) is 3.28. The Morgan fingerprint density at radius 2 is 2.00 bits per heavy atom. The van der Waals surface area contributed by atoms with Gasteiger partial charge in [0.15, 0.2) is 0 Å². The summed E-state index contributed by atoms with van der Waals surface area (Å²) in [4.78, 5) is 2.54. The second kappa shape index (κ2) is 7.04. The van der Waals surface area contributed by atoms with Gasteiger partial charge in [0.1, 0.15) is 0 Å². The first-order valence-corrected chi connectivity index (χ1v) is 7.26. The van der Waals surface area contributed by atoms with Gasteiger partial charge in [-0.2, -0.15) is 0 Å². The highest BCUT2D eigenvalue weighted by Gasteiger charge is 2.30. The molecule has 0 amide bonds. The highest BCUT2D eigenvalue weighted by molar-refractivity contribution is 5.19. The lowest BCUT2D eigenvalue weighted by Crippen LogP contribution is -2.37. The van der Waals surface area contributed by atoms with Crippen LogP contribution >= 0.6 is 0 Å². The molecule has 0 aliphatic heterocycles. The van der Waals surface area contributed by atoms with Gasteiger partial charge in [0.25, 0.3) is 0 Å². The minimum Gasteiger partial charge on any atom is -0.383 e. The maximum absolute atomic E-state index is 6.38. The zero-order valence-electron chi connectivity index (χ0n) is 12.1. The molecule has 2 rings (SSSR count). The predicted molar refractivity (Wildman–Crippen MR) is 79.0 cm³/mol. The van der Waals surface area contributed by atoms with E-state index in [1.54, 1.807) is 7.11 Å². The molecular formula is C16H26N2O. The molecule has 0 spiro atoms. The minimum atomic E-state index is 0.116. The Labute approximate surface area is 116 Å². The quantitative estimate of drug-likeness (QED) is 0.782. The fraction of sp³-hybridized carbons (Fsp3) is 0.625. The molecule has 1 aliphatic carbocycles. The minimum absolute atomic E-state index is 0.116. The normalized spacial score (nSPS) is 18.5. The third-order valence-corrected chi connectivity index (χ3v) is 3.97. The zero-order chi connectivity index (χ0) is 13.7. The monoisotopic (exact) mass is 262 g/mol. The van der Waals surface area contributed by atoms with Gasteiger partial charge in [-0.15, -0.1) is 0 Å². The van der Waals surface area contributed by atoms with Gasteiger partial charge in [0, 0.05) is 32.3 Å². The van der Waals surface area contributed by atoms with Gasteiger partial charge in [-0.1, -0.05) is 37.3 Å². The van der Waals surface area contributed by atoms with E-state index in [-0.39, 0.29) is 6.04 Å². The summed E-state index contributed by atoms with van der Waals surface area (Å²) >= 11 is 0. The molecule has 2 N–H and O–H groups in total. The smallest absolute Gasteiger partial charge is 0.0589 e. The first-order chi connectivity index (χ1) is 9.22. The first-order valence-electron chi connectivity index (χ1n) is 7.26. The molecule has 2 unspecified atom stereocenters. The van der Waals surface area contributed by atoms with Crippen molar-refractivity contribution in [1.82, 2.24) is 4.90 Å². The van der Waals surface area contributed by atoms with E-state index in [0.717, 1.165) is 25.7 Å². The van der Waals surface area contributed by atoms with Crippen LogP contribution in [0.3, 0.4) is 0 Å². The Morgan fingerprint density at radius 1 is 1.32 bits per heavy atom. The molecule has 0 heterocycles. The molecule has 2 atom stereocenters. The molecule has 19 heavy (non-hydrogen) atoms. The summed E-state index contributed by atoms with van der Waals surface area (Å²) in [5.41, 5.74) is 7.61. The highest BCUT2D eigenvalue weighted by atomic mass is 16.5. The number of nitrogens with zero attached hydrogens (tertiary/aromatic N) is 1. The summed E-state index contributed by atoms with van der Waals surface area (Å²) in [5.74, 6) is 0.458. The van der Waals surface area contributed by atoms with Gasteiger partial charge in [0.05, 0.1) is 6.61 Å². The SMILES string of the molecule is COCCN(CC(C)C(N)c1ccccc1)C1CC1. The van der Waals surface area contributed by atoms with E-state index < -0.39 is 0 Å². The van der Waals surface area contributed by atoms with Crippen molar-refractivity contribution in [2.24, 2.45) is 11.7 Å². The van der Waals surface area contributed by atoms with E-state index in [2.05, 4.69) is 36.1 Å². The van der Waals surface area contributed by atoms with Crippen LogP contribution in [0.5, 0.6) is 0 Å². The largest absolute Gasteiger partial charge is 0.383 e. The topological polar surface area (TPSA) is 38.5 Å². The molecule has 0 radical (unpaired) electrons. The molecule has 1 saturated carbocycles. The van der Waals surface area contributed by atoms with Gasteiger partial charge < -0.3 is 10.5 Å². The second-order valence-electron chi connectivity index (χ2n) is 5.63. The van der Waals surface area contributed by atoms with Crippen LogP contribution in [0, 0.1) is 5.92 Å². The molecule has 1 aromatic carbocycles. The van der Waals surface area contributed by atoms with E-state index in [1.165, 1.54) is 18.4 Å². The van der Waals surface area contributed by atoms with Crippen molar-refractivity contribution in [3.05, 3.63) is 35.9 Å². The summed E-state index contributed by atoms with van der Waals surface area (Å²) < 4.78 is 5.20. The molecule has 1 fully saturated rings. The number of rotatable bonds is 8. The fourth-order valence-corrected chi connectivity index (χ4v) is 2.56. The van der Waals surface area contributed by atoms with Gasteiger partial charge in [-0.25, -0.2) is 0 Å². The molecule has 3 nitrogen and oxygen atoms in total. The number of hydrogen-bond donors (Lipinski definition) is 1. The Hall–Kier alpha value is -0.900. The van der Waals surface area contributed by atoms with Crippen LogP contribution in [0.2, 0.25) is 0 Å². The lowest BCUT2D eigenvalue weighted by molar-refractivity contribution is 0.130. The summed E-state index contributed by atoms with van der Waals surface area (Å²) in [7, 11) is 1.77. The van der Waals surface area contributed by atoms with E-state index in [0.29, 0.717) is 5.92 Å². The summed E-state index contributed by atoms with van der Waals surface area (Å²) in [6, 6.07) is 11.3. The van der Waals surface area contributed by atoms with Gasteiger partial charge >= 0.3 is 0 Å². The van der Waals surface area contributed by atoms with Crippen molar-refractivity contribution in [1.29, 1.82) is 0 Å². The number of methoxy groups -OCH3 is 1. The van der Waals surface area contributed by atoms with Crippen LogP contribution < -0.4 is 5.73 Å². The van der Waals surface area contributed by atoms with Crippen molar-refractivity contribution in [3.63, 3.8) is 0 Å². The van der Waals surface area contributed by atoms with Gasteiger partial charge in [0.2, 0.25) is 0 Å². The maximum Gasteiger partial charge on any atom is 0.0589 e. The van der Waals surface area contributed by atoms with E-state index in [9.17, 15) is 0 Å². The third kappa shape index (κ3) is 4.30. The van der Waals surface area contributed by atoms with Crippen LogP contribution in [0.1, 0.15) is 31.4 Å². The van der Waals surface area contributed by atoms with Crippen LogP contribution in [-0.4, -0.2) is 37.7 Å². The first kappa shape index (κ1) is 14.5. The standard InChI is InChI=1S/C16H26N2O/c1-13(16(17)14-6-4-3-5-7-14)12-18(10-11-19-2)15-8-9-15/h3-7,13,15-16H,8-12,17H2,1-2H3. The molecule has 0 aromatic heterocycles. The maximum atomic E-state index is 6.38. The molecule has 1 aliphatic rings. The van der Waals surface area contributed by atoms with Crippen LogP contribution in [0.15, 0.2) is 30.3 Å². The van der Waals surface area contributed by atoms with E-state index >= 15 is 0 Å². The second-order valence-corrected chi connectivity index (χ2v) is 5.63. The summed E-state index contributed by atoms with van der Waals surface area (Å²) in [6.45, 7) is 5.14. The molecule has 3 heteroatoms. The van der Waals surface area contributed by atoms with Crippen molar-refractivity contribution < 1.29 is 4.74 Å². The van der Waals surface area contributed by atoms with E-state index in [1.807, 2.05) is 6.07 Å². The van der Waals surface area contributed by atoms with Crippen molar-refractivity contribution in [2.45, 2.75) is 31.8 Å². The summed E-state index contributed by atoms with van der Waals surface area (Å²) in [5, 5.41) is 0. The summed E-state index contributed by atoms with van der Waals surface area (Å²) in [6.07, 6.45) is 2.66. The molecule has 0 saturated heterocycles. The zero-order valence-corrected chi connectivity index (χ0v) is 12.1. The molecule has 1 aromatic rings. The van der Waals surface area contributed by atoms with Crippen LogP contribution in [-0.2, 0) is 4.74 Å². The lowest BCUT2D eigenvalue weighted by atomic mass is 9.95. The van der Waals surface area contributed by atoms with Crippen LogP contribution in [0.25, 0.3) is 0 Å². The van der Waals surface area contributed by atoms with E-state index in [4.69, 9.17) is 10.5 Å². The Kier molecular flexibility index (Phi) is 5.37. The number of ether oxygens (including phenoxy) is 1. The number of hydrogen-bond acceptors (Lipinski definition) is 3. The van der Waals surface area contributed by atoms with Crippen molar-refractivity contribution in [3.8, 4) is 0 Å². The molecule has 106 valence electrons. The lowest BCUT2D eigenvalue weighted by Gasteiger charge is -2.28. The number of benzene rings is 1. The Morgan fingerprint density at radius 3 is 2.58 bits per heavy atom. The average molecular weight is 262 g/mol. The predicted octanol–water partition coefficient (Wildman–Crippen LogP) is 2.43. The Bertz CT molecular complexity index is 364.